The molecule has 2 aromatic rings. The maximum absolute atomic E-state index is 12.7. The van der Waals surface area contributed by atoms with Crippen LogP contribution in [0.25, 0.3) is 0 Å². The summed E-state index contributed by atoms with van der Waals surface area (Å²) in [6.07, 6.45) is 1.72. The third-order valence-electron chi connectivity index (χ3n) is 4.29. The van der Waals surface area contributed by atoms with Crippen molar-refractivity contribution in [3.05, 3.63) is 47.7 Å². The van der Waals surface area contributed by atoms with Crippen molar-refractivity contribution < 1.29 is 9.90 Å². The van der Waals surface area contributed by atoms with E-state index in [-0.39, 0.29) is 11.7 Å². The Morgan fingerprint density at radius 2 is 1.96 bits per heavy atom. The molecule has 0 bridgehead atoms. The van der Waals surface area contributed by atoms with Crippen molar-refractivity contribution in [2.45, 2.75) is 6.92 Å². The molecule has 0 aliphatic carbocycles. The summed E-state index contributed by atoms with van der Waals surface area (Å²) >= 11 is 0. The van der Waals surface area contributed by atoms with Gasteiger partial charge in [-0.1, -0.05) is 0 Å². The van der Waals surface area contributed by atoms with E-state index in [1.54, 1.807) is 36.5 Å². The van der Waals surface area contributed by atoms with Gasteiger partial charge in [-0.05, 0) is 49.9 Å². The maximum Gasteiger partial charge on any atom is 0.259 e. The molecular formula is C18H22N4O2. The highest BCUT2D eigenvalue weighted by atomic mass is 16.3. The summed E-state index contributed by atoms with van der Waals surface area (Å²) in [6, 6.07) is 8.46. The standard InChI is InChI=1S/C18H22N4O2/c1-13-12-14(23)5-6-16(13)20-18(24)15-4-3-7-19-17(15)22-10-8-21(2)9-11-22/h3-7,12,23H,8-11H2,1-2H3,(H,20,24). The third-order valence-corrected chi connectivity index (χ3v) is 4.29. The first-order valence-electron chi connectivity index (χ1n) is 8.04. The molecule has 6 heteroatoms. The van der Waals surface area contributed by atoms with Crippen LogP contribution < -0.4 is 10.2 Å². The zero-order chi connectivity index (χ0) is 17.1. The van der Waals surface area contributed by atoms with Gasteiger partial charge in [0, 0.05) is 38.1 Å². The summed E-state index contributed by atoms with van der Waals surface area (Å²) in [6.45, 7) is 5.46. The summed E-state index contributed by atoms with van der Waals surface area (Å²) in [5.74, 6) is 0.718. The van der Waals surface area contributed by atoms with Gasteiger partial charge < -0.3 is 20.2 Å². The molecule has 1 amide bonds. The number of aromatic hydroxyl groups is 1. The van der Waals surface area contributed by atoms with Gasteiger partial charge in [-0.15, -0.1) is 0 Å². The highest BCUT2D eigenvalue weighted by Gasteiger charge is 2.21. The van der Waals surface area contributed by atoms with Gasteiger partial charge in [0.25, 0.3) is 5.91 Å². The van der Waals surface area contributed by atoms with Crippen molar-refractivity contribution in [2.75, 3.05) is 43.4 Å². The van der Waals surface area contributed by atoms with Gasteiger partial charge in [0.15, 0.2) is 0 Å². The van der Waals surface area contributed by atoms with E-state index in [0.717, 1.165) is 37.6 Å². The Bertz CT molecular complexity index is 740. The van der Waals surface area contributed by atoms with Crippen LogP contribution in [0.4, 0.5) is 11.5 Å². The van der Waals surface area contributed by atoms with E-state index in [2.05, 4.69) is 27.1 Å². The number of aromatic nitrogens is 1. The quantitative estimate of drug-likeness (QED) is 0.846. The number of nitrogens with zero attached hydrogens (tertiary/aromatic N) is 3. The molecule has 1 fully saturated rings. The number of aryl methyl sites for hydroxylation is 1. The molecule has 126 valence electrons. The molecule has 2 N–H and O–H groups in total. The average molecular weight is 326 g/mol. The molecule has 2 heterocycles. The summed E-state index contributed by atoms with van der Waals surface area (Å²) in [7, 11) is 2.09. The number of phenolic OH excluding ortho intramolecular Hbond substituents is 1. The van der Waals surface area contributed by atoms with Crippen LogP contribution in [0.2, 0.25) is 0 Å². The number of pyridine rings is 1. The van der Waals surface area contributed by atoms with Gasteiger partial charge >= 0.3 is 0 Å². The number of amides is 1. The Kier molecular flexibility index (Phi) is 4.66. The highest BCUT2D eigenvalue weighted by Crippen LogP contribution is 2.23. The van der Waals surface area contributed by atoms with Crippen LogP contribution >= 0.6 is 0 Å². The van der Waals surface area contributed by atoms with E-state index in [1.165, 1.54) is 0 Å². The number of rotatable bonds is 3. The molecule has 0 atom stereocenters. The second-order valence-electron chi connectivity index (χ2n) is 6.12. The molecular weight excluding hydrogens is 304 g/mol. The predicted octanol–water partition coefficient (Wildman–Crippen LogP) is 2.10. The van der Waals surface area contributed by atoms with Crippen molar-refractivity contribution >= 4 is 17.4 Å². The van der Waals surface area contributed by atoms with Gasteiger partial charge in [-0.25, -0.2) is 4.98 Å². The van der Waals surface area contributed by atoms with E-state index in [1.807, 2.05) is 6.92 Å². The zero-order valence-electron chi connectivity index (χ0n) is 14.0. The molecule has 6 nitrogen and oxygen atoms in total. The van der Waals surface area contributed by atoms with E-state index >= 15 is 0 Å². The SMILES string of the molecule is Cc1cc(O)ccc1NC(=O)c1cccnc1N1CCN(C)CC1. The van der Waals surface area contributed by atoms with E-state index in [4.69, 9.17) is 0 Å². The number of phenols is 1. The minimum atomic E-state index is -0.189. The van der Waals surface area contributed by atoms with Gasteiger partial charge in [0.2, 0.25) is 0 Å². The number of piperazine rings is 1. The fourth-order valence-corrected chi connectivity index (χ4v) is 2.82. The van der Waals surface area contributed by atoms with Crippen molar-refractivity contribution in [3.63, 3.8) is 0 Å². The Labute approximate surface area is 141 Å². The van der Waals surface area contributed by atoms with Gasteiger partial charge in [-0.3, -0.25) is 4.79 Å². The van der Waals surface area contributed by atoms with Crippen LogP contribution in [0.15, 0.2) is 36.5 Å². The van der Waals surface area contributed by atoms with Crippen LogP contribution in [0, 0.1) is 6.92 Å². The van der Waals surface area contributed by atoms with E-state index < -0.39 is 0 Å². The molecule has 1 aliphatic rings. The first kappa shape index (κ1) is 16.3. The van der Waals surface area contributed by atoms with Crippen LogP contribution in [0.3, 0.4) is 0 Å². The molecule has 1 aliphatic heterocycles. The number of likely N-dealkylation sites (N-methyl/N-ethyl adjacent to an activating group) is 1. The Morgan fingerprint density at radius 1 is 1.21 bits per heavy atom. The number of carbonyl (C=O) groups is 1. The molecule has 3 rings (SSSR count). The monoisotopic (exact) mass is 326 g/mol. The minimum absolute atomic E-state index is 0.185. The van der Waals surface area contributed by atoms with E-state index in [0.29, 0.717) is 11.3 Å². The Balaban J connectivity index is 1.82. The number of benzene rings is 1. The molecule has 0 unspecified atom stereocenters. The average Bonchev–Trinajstić information content (AvgIpc) is 2.58. The fourth-order valence-electron chi connectivity index (χ4n) is 2.82. The van der Waals surface area contributed by atoms with Crippen molar-refractivity contribution in [3.8, 4) is 5.75 Å². The molecule has 0 spiro atoms. The lowest BCUT2D eigenvalue weighted by Crippen LogP contribution is -2.45. The van der Waals surface area contributed by atoms with Crippen molar-refractivity contribution in [1.29, 1.82) is 0 Å². The summed E-state index contributed by atoms with van der Waals surface area (Å²) in [5, 5.41) is 12.4. The molecule has 24 heavy (non-hydrogen) atoms. The predicted molar refractivity (Wildman–Crippen MR) is 94.7 cm³/mol. The smallest absolute Gasteiger partial charge is 0.259 e. The summed E-state index contributed by atoms with van der Waals surface area (Å²) in [4.78, 5) is 21.6. The van der Waals surface area contributed by atoms with Crippen LogP contribution in [-0.4, -0.2) is 54.1 Å². The molecule has 0 radical (unpaired) electrons. The Hall–Kier alpha value is -2.60. The van der Waals surface area contributed by atoms with Gasteiger partial charge in [0.05, 0.1) is 5.56 Å². The minimum Gasteiger partial charge on any atom is -0.508 e. The second-order valence-corrected chi connectivity index (χ2v) is 6.12. The maximum atomic E-state index is 12.7. The van der Waals surface area contributed by atoms with Crippen molar-refractivity contribution in [2.24, 2.45) is 0 Å². The van der Waals surface area contributed by atoms with Crippen LogP contribution in [0.1, 0.15) is 15.9 Å². The van der Waals surface area contributed by atoms with Gasteiger partial charge in [0.1, 0.15) is 11.6 Å². The molecule has 1 aromatic carbocycles. The normalized spacial score (nSPS) is 15.3. The largest absolute Gasteiger partial charge is 0.508 e. The number of nitrogens with one attached hydrogen (secondary N) is 1. The van der Waals surface area contributed by atoms with E-state index in [9.17, 15) is 9.90 Å². The second kappa shape index (κ2) is 6.88. The summed E-state index contributed by atoms with van der Waals surface area (Å²) < 4.78 is 0. The Morgan fingerprint density at radius 3 is 2.67 bits per heavy atom. The lowest BCUT2D eigenvalue weighted by atomic mass is 10.1. The summed E-state index contributed by atoms with van der Waals surface area (Å²) in [5.41, 5.74) is 2.06. The fraction of sp³-hybridized carbons (Fsp3) is 0.333. The van der Waals surface area contributed by atoms with Crippen LogP contribution in [-0.2, 0) is 0 Å². The topological polar surface area (TPSA) is 68.7 Å². The number of carbonyl (C=O) groups excluding carboxylic acids is 1. The molecule has 0 saturated carbocycles. The zero-order valence-corrected chi connectivity index (χ0v) is 14.0. The molecule has 1 saturated heterocycles. The lowest BCUT2D eigenvalue weighted by molar-refractivity contribution is 0.102. The number of hydrogen-bond acceptors (Lipinski definition) is 5. The van der Waals surface area contributed by atoms with Gasteiger partial charge in [-0.2, -0.15) is 0 Å². The third kappa shape index (κ3) is 3.49. The molecule has 1 aromatic heterocycles. The highest BCUT2D eigenvalue weighted by molar-refractivity contribution is 6.07. The first-order valence-corrected chi connectivity index (χ1v) is 8.04. The first-order chi connectivity index (χ1) is 11.5. The lowest BCUT2D eigenvalue weighted by Gasteiger charge is -2.34. The number of anilines is 2. The van der Waals surface area contributed by atoms with Crippen LogP contribution in [0.5, 0.6) is 5.75 Å². The number of hydrogen-bond donors (Lipinski definition) is 2. The van der Waals surface area contributed by atoms with Crippen molar-refractivity contribution in [1.82, 2.24) is 9.88 Å².